The number of ketones is 1. The SMILES string of the molecule is C=CCOc1ccc(C2C(=C(O)c3c(C)nc4ccccn34)C(=O)C(=O)N2CCCn2ccnc2)cc1OCC. The Morgan fingerprint density at radius 2 is 1.98 bits per heavy atom. The summed E-state index contributed by atoms with van der Waals surface area (Å²) in [4.78, 5) is 37.1. The highest BCUT2D eigenvalue weighted by atomic mass is 16.5. The standard InChI is InChI=1S/C30H31N5O5/c1-4-17-40-22-11-10-21(18-23(22)39-5-2)27-25(28(36)26-20(3)32-24-9-6-7-14-34(24)26)29(37)30(38)35(27)15-8-13-33-16-12-31-19-33/h4,6-7,9-12,14,16,18-19,27,36H,1,5,8,13,15,17H2,2-3H3. The van der Waals surface area contributed by atoms with Gasteiger partial charge >= 0.3 is 0 Å². The Balaban J connectivity index is 1.62. The smallest absolute Gasteiger partial charge is 0.295 e. The number of aliphatic hydroxyl groups is 1. The number of Topliss-reactive ketones (excluding diaryl/α,β-unsaturated/α-hetero) is 1. The topological polar surface area (TPSA) is 111 Å². The second kappa shape index (κ2) is 11.5. The molecule has 0 radical (unpaired) electrons. The maximum Gasteiger partial charge on any atom is 0.295 e. The molecule has 1 unspecified atom stereocenters. The maximum absolute atomic E-state index is 13.6. The Hall–Kier alpha value is -4.86. The van der Waals surface area contributed by atoms with E-state index in [-0.39, 0.29) is 17.9 Å². The first-order valence-corrected chi connectivity index (χ1v) is 13.1. The summed E-state index contributed by atoms with van der Waals surface area (Å²) in [6, 6.07) is 9.92. The van der Waals surface area contributed by atoms with Crippen molar-refractivity contribution in [2.45, 2.75) is 32.9 Å². The normalized spacial score (nSPS) is 16.6. The summed E-state index contributed by atoms with van der Waals surface area (Å²) < 4.78 is 15.2. The quantitative estimate of drug-likeness (QED) is 0.130. The minimum absolute atomic E-state index is 0.00333. The summed E-state index contributed by atoms with van der Waals surface area (Å²) in [7, 11) is 0. The number of hydrogen-bond acceptors (Lipinski definition) is 7. The Labute approximate surface area is 231 Å². The lowest BCUT2D eigenvalue weighted by molar-refractivity contribution is -0.139. The summed E-state index contributed by atoms with van der Waals surface area (Å²) in [5.74, 6) is -0.715. The van der Waals surface area contributed by atoms with Crippen molar-refractivity contribution < 1.29 is 24.2 Å². The molecule has 40 heavy (non-hydrogen) atoms. The van der Waals surface area contributed by atoms with Gasteiger partial charge in [-0.2, -0.15) is 0 Å². The van der Waals surface area contributed by atoms with E-state index in [1.54, 1.807) is 54.3 Å². The number of carbonyl (C=O) groups excluding carboxylic acids is 2. The van der Waals surface area contributed by atoms with Crippen molar-refractivity contribution in [1.29, 1.82) is 0 Å². The number of aryl methyl sites for hydroxylation is 2. The van der Waals surface area contributed by atoms with Gasteiger partial charge in [-0.1, -0.05) is 24.8 Å². The highest BCUT2D eigenvalue weighted by molar-refractivity contribution is 6.46. The molecule has 10 heteroatoms. The molecule has 1 atom stereocenters. The van der Waals surface area contributed by atoms with E-state index in [1.807, 2.05) is 35.9 Å². The average Bonchev–Trinajstić information content (AvgIpc) is 3.65. The largest absolute Gasteiger partial charge is 0.505 e. The summed E-state index contributed by atoms with van der Waals surface area (Å²) in [6.45, 7) is 8.89. The minimum atomic E-state index is -0.843. The fraction of sp³-hybridized carbons (Fsp3) is 0.267. The van der Waals surface area contributed by atoms with Crippen LogP contribution in [0.25, 0.3) is 11.4 Å². The molecule has 1 N–H and O–H groups in total. The third kappa shape index (κ3) is 4.95. The molecule has 10 nitrogen and oxygen atoms in total. The number of rotatable bonds is 11. The van der Waals surface area contributed by atoms with Crippen LogP contribution < -0.4 is 9.47 Å². The first-order chi connectivity index (χ1) is 19.4. The second-order valence-corrected chi connectivity index (χ2v) is 9.36. The number of amides is 1. The van der Waals surface area contributed by atoms with E-state index in [4.69, 9.17) is 9.47 Å². The monoisotopic (exact) mass is 541 g/mol. The summed E-state index contributed by atoms with van der Waals surface area (Å²) >= 11 is 0. The first kappa shape index (κ1) is 26.7. The molecule has 4 heterocycles. The van der Waals surface area contributed by atoms with Crippen LogP contribution in [-0.4, -0.2) is 60.4 Å². The van der Waals surface area contributed by atoms with Gasteiger partial charge in [0.25, 0.3) is 11.7 Å². The molecule has 0 bridgehead atoms. The van der Waals surface area contributed by atoms with Gasteiger partial charge in [0.05, 0.1) is 30.2 Å². The zero-order valence-corrected chi connectivity index (χ0v) is 22.5. The lowest BCUT2D eigenvalue weighted by atomic mass is 9.95. The molecule has 1 aliphatic heterocycles. The van der Waals surface area contributed by atoms with Gasteiger partial charge in [0.15, 0.2) is 17.3 Å². The third-order valence-corrected chi connectivity index (χ3v) is 6.78. The van der Waals surface area contributed by atoms with Gasteiger partial charge in [0, 0.05) is 31.7 Å². The van der Waals surface area contributed by atoms with E-state index >= 15 is 0 Å². The predicted octanol–water partition coefficient (Wildman–Crippen LogP) is 4.31. The average molecular weight is 542 g/mol. The van der Waals surface area contributed by atoms with Crippen molar-refractivity contribution in [1.82, 2.24) is 23.8 Å². The molecule has 1 amide bonds. The molecule has 0 aliphatic carbocycles. The first-order valence-electron chi connectivity index (χ1n) is 13.1. The summed E-state index contributed by atoms with van der Waals surface area (Å²) in [6.07, 6.45) is 9.21. The summed E-state index contributed by atoms with van der Waals surface area (Å²) in [5, 5.41) is 11.7. The van der Waals surface area contributed by atoms with Gasteiger partial charge in [-0.05, 0) is 50.1 Å². The van der Waals surface area contributed by atoms with Gasteiger partial charge in [-0.15, -0.1) is 0 Å². The zero-order chi connectivity index (χ0) is 28.2. The maximum atomic E-state index is 13.6. The fourth-order valence-electron chi connectivity index (χ4n) is 5.06. The van der Waals surface area contributed by atoms with Crippen LogP contribution in [0.4, 0.5) is 0 Å². The molecule has 1 fully saturated rings. The van der Waals surface area contributed by atoms with Crippen molar-refractivity contribution in [3.8, 4) is 11.5 Å². The molecule has 4 aromatic rings. The van der Waals surface area contributed by atoms with Gasteiger partial charge < -0.3 is 24.0 Å². The molecule has 206 valence electrons. The van der Waals surface area contributed by atoms with Gasteiger partial charge in [0.2, 0.25) is 0 Å². The van der Waals surface area contributed by atoms with E-state index in [0.717, 1.165) is 0 Å². The molecular weight excluding hydrogens is 510 g/mol. The number of carbonyl (C=O) groups is 2. The van der Waals surface area contributed by atoms with Crippen molar-refractivity contribution >= 4 is 23.1 Å². The van der Waals surface area contributed by atoms with Gasteiger partial charge in [0.1, 0.15) is 17.9 Å². The van der Waals surface area contributed by atoms with Crippen LogP contribution in [-0.2, 0) is 16.1 Å². The number of fused-ring (bicyclic) bond motifs is 1. The van der Waals surface area contributed by atoms with E-state index in [0.29, 0.717) is 60.3 Å². The number of benzene rings is 1. The fourth-order valence-corrected chi connectivity index (χ4v) is 5.06. The summed E-state index contributed by atoms with van der Waals surface area (Å²) in [5.41, 5.74) is 2.15. The van der Waals surface area contributed by atoms with Crippen LogP contribution >= 0.6 is 0 Å². The number of pyridine rings is 1. The van der Waals surface area contributed by atoms with Crippen molar-refractivity contribution in [3.05, 3.63) is 96.5 Å². The number of aromatic nitrogens is 4. The van der Waals surface area contributed by atoms with Crippen molar-refractivity contribution in [2.24, 2.45) is 0 Å². The van der Waals surface area contributed by atoms with Crippen molar-refractivity contribution in [3.63, 3.8) is 0 Å². The van der Waals surface area contributed by atoms with Crippen LogP contribution in [0.2, 0.25) is 0 Å². The Kier molecular flexibility index (Phi) is 7.68. The Morgan fingerprint density at radius 1 is 1.12 bits per heavy atom. The van der Waals surface area contributed by atoms with Gasteiger partial charge in [-0.25, -0.2) is 9.97 Å². The third-order valence-electron chi connectivity index (χ3n) is 6.78. The molecule has 1 aliphatic rings. The molecule has 3 aromatic heterocycles. The van der Waals surface area contributed by atoms with E-state index < -0.39 is 17.7 Å². The molecule has 0 spiro atoms. The number of hydrogen-bond donors (Lipinski definition) is 1. The molecule has 0 saturated carbocycles. The number of imidazole rings is 2. The lowest BCUT2D eigenvalue weighted by Gasteiger charge is -2.26. The van der Waals surface area contributed by atoms with E-state index in [2.05, 4.69) is 16.5 Å². The number of aliphatic hydroxyl groups excluding tert-OH is 1. The van der Waals surface area contributed by atoms with E-state index in [1.165, 1.54) is 4.90 Å². The zero-order valence-electron chi connectivity index (χ0n) is 22.5. The highest BCUT2D eigenvalue weighted by Gasteiger charge is 2.46. The van der Waals surface area contributed by atoms with Crippen molar-refractivity contribution in [2.75, 3.05) is 19.8 Å². The van der Waals surface area contributed by atoms with Crippen LogP contribution in [0, 0.1) is 6.92 Å². The predicted molar refractivity (Wildman–Crippen MR) is 149 cm³/mol. The lowest BCUT2D eigenvalue weighted by Crippen LogP contribution is -2.31. The number of likely N-dealkylation sites (tertiary alicyclic amines) is 1. The second-order valence-electron chi connectivity index (χ2n) is 9.36. The Bertz CT molecular complexity index is 1590. The van der Waals surface area contributed by atoms with Gasteiger partial charge in [-0.3, -0.25) is 14.0 Å². The minimum Gasteiger partial charge on any atom is -0.505 e. The molecule has 1 saturated heterocycles. The number of nitrogens with zero attached hydrogens (tertiary/aromatic N) is 5. The van der Waals surface area contributed by atoms with Crippen LogP contribution in [0.3, 0.4) is 0 Å². The number of ether oxygens (including phenoxy) is 2. The highest BCUT2D eigenvalue weighted by Crippen LogP contribution is 2.42. The molecular formula is C30H31N5O5. The van der Waals surface area contributed by atoms with Crippen LogP contribution in [0.1, 0.15) is 36.3 Å². The van der Waals surface area contributed by atoms with E-state index in [9.17, 15) is 14.7 Å². The van der Waals surface area contributed by atoms with Crippen LogP contribution in [0.15, 0.2) is 79.5 Å². The Morgan fingerprint density at radius 3 is 2.73 bits per heavy atom. The van der Waals surface area contributed by atoms with Crippen LogP contribution in [0.5, 0.6) is 11.5 Å². The molecule has 1 aromatic carbocycles. The molecule has 5 rings (SSSR count).